The van der Waals surface area contributed by atoms with Crippen molar-refractivity contribution in [2.24, 2.45) is 0 Å². The molecule has 4 aromatic carbocycles. The highest BCUT2D eigenvalue weighted by molar-refractivity contribution is 6.25. The number of hydrogen-bond acceptors (Lipinski definition) is 0. The zero-order chi connectivity index (χ0) is 22.3. The van der Waals surface area contributed by atoms with E-state index in [0.717, 1.165) is 0 Å². The summed E-state index contributed by atoms with van der Waals surface area (Å²) in [5.74, 6) is 0. The molecule has 0 radical (unpaired) electrons. The monoisotopic (exact) mass is 338 g/mol. The molecule has 0 spiro atoms. The van der Waals surface area contributed by atoms with E-state index >= 15 is 0 Å². The van der Waals surface area contributed by atoms with E-state index in [1.165, 1.54) is 0 Å². The number of benzene rings is 4. The molecule has 0 atom stereocenters. The van der Waals surface area contributed by atoms with Gasteiger partial charge in [-0.3, -0.25) is 0 Å². The van der Waals surface area contributed by atoms with Crippen LogP contribution in [0.2, 0.25) is 0 Å². The Balaban J connectivity index is 2.01. The molecule has 2 nitrogen and oxygen atoms in total. The molecule has 0 unspecified atom stereocenters. The quantitative estimate of drug-likeness (QED) is 0.357. The first-order valence-electron chi connectivity index (χ1n) is 11.4. The van der Waals surface area contributed by atoms with Crippen molar-refractivity contribution in [3.8, 4) is 11.4 Å². The summed E-state index contributed by atoms with van der Waals surface area (Å²) in [7, 11) is 0. The van der Waals surface area contributed by atoms with Crippen molar-refractivity contribution in [2.45, 2.75) is 0 Å². The average molecular weight is 338 g/mol. The fraction of sp³-hybridized carbons (Fsp3) is 0. The van der Waals surface area contributed by atoms with Gasteiger partial charge in [0, 0.05) is 22.1 Å². The third kappa shape index (κ3) is 1.66. The van der Waals surface area contributed by atoms with Crippen LogP contribution in [-0.2, 0) is 0 Å². The Kier molecular flexibility index (Phi) is 1.78. The minimum atomic E-state index is -0.212. The van der Waals surface area contributed by atoms with Crippen LogP contribution in [0.3, 0.4) is 0 Å². The zero-order valence-corrected chi connectivity index (χ0v) is 13.7. The van der Waals surface area contributed by atoms with Gasteiger partial charge in [-0.25, -0.2) is 0 Å². The maximum atomic E-state index is 8.72. The first kappa shape index (κ1) is 9.25. The Morgan fingerprint density at radius 3 is 1.19 bits per heavy atom. The molecule has 0 bridgehead atoms. The Morgan fingerprint density at radius 1 is 0.500 bits per heavy atom. The standard InChI is InChI=1S/C24H16N2/c1-3-9-17(10-4-1)25-19-13-7-15-21-23(19)24-20(25)14-8-16-22(24)26(21)18-11-5-2-6-12-18/h1-16H/i7D,8D,13D,14D,15D,16D. The summed E-state index contributed by atoms with van der Waals surface area (Å²) in [6.45, 7) is 0. The molecule has 0 aliphatic carbocycles. The SMILES string of the molecule is [2H]c1c([2H])c2c3c4c(c([2H])c([2H])c([2H])c4n(-c4ccccc4)c3c1[2H])n2-c1ccccc1. The van der Waals surface area contributed by atoms with E-state index in [0.29, 0.717) is 44.2 Å². The van der Waals surface area contributed by atoms with Crippen LogP contribution in [0, 0.1) is 0 Å². The third-order valence-corrected chi connectivity index (χ3v) is 4.84. The van der Waals surface area contributed by atoms with Crippen LogP contribution in [0.15, 0.2) is 96.9 Å². The highest BCUT2D eigenvalue weighted by atomic mass is 15.0. The van der Waals surface area contributed by atoms with Crippen molar-refractivity contribution >= 4 is 32.8 Å². The van der Waals surface area contributed by atoms with Crippen LogP contribution in [0.5, 0.6) is 0 Å². The van der Waals surface area contributed by atoms with Gasteiger partial charge in [0.1, 0.15) is 0 Å². The van der Waals surface area contributed by atoms with Gasteiger partial charge >= 0.3 is 0 Å². The summed E-state index contributed by atoms with van der Waals surface area (Å²) in [4.78, 5) is 0. The van der Waals surface area contributed by atoms with E-state index in [-0.39, 0.29) is 36.3 Å². The van der Waals surface area contributed by atoms with Crippen LogP contribution in [-0.4, -0.2) is 9.13 Å². The van der Waals surface area contributed by atoms with E-state index in [1.54, 1.807) is 9.13 Å². The summed E-state index contributed by atoms with van der Waals surface area (Å²) in [5, 5.41) is 1.16. The summed E-state index contributed by atoms with van der Waals surface area (Å²) >= 11 is 0. The van der Waals surface area contributed by atoms with Gasteiger partial charge in [0.25, 0.3) is 0 Å². The molecule has 2 heteroatoms. The lowest BCUT2D eigenvalue weighted by Gasteiger charge is -2.12. The van der Waals surface area contributed by atoms with E-state index < -0.39 is 0 Å². The lowest BCUT2D eigenvalue weighted by Crippen LogP contribution is -1.97. The molecule has 122 valence electrons. The van der Waals surface area contributed by atoms with Crippen LogP contribution >= 0.6 is 0 Å². The molecule has 26 heavy (non-hydrogen) atoms. The van der Waals surface area contributed by atoms with Crippen molar-refractivity contribution in [2.75, 3.05) is 0 Å². The summed E-state index contributed by atoms with van der Waals surface area (Å²) < 4.78 is 55.4. The maximum absolute atomic E-state index is 8.72. The van der Waals surface area contributed by atoms with Gasteiger partial charge in [0.15, 0.2) is 0 Å². The molecule has 0 saturated carbocycles. The van der Waals surface area contributed by atoms with Gasteiger partial charge < -0.3 is 9.13 Å². The van der Waals surface area contributed by atoms with Crippen molar-refractivity contribution in [1.82, 2.24) is 9.13 Å². The lowest BCUT2D eigenvalue weighted by atomic mass is 10.2. The van der Waals surface area contributed by atoms with E-state index in [9.17, 15) is 0 Å². The molecule has 0 fully saturated rings. The second-order valence-electron chi connectivity index (χ2n) is 6.24. The number of aromatic nitrogens is 2. The lowest BCUT2D eigenvalue weighted by molar-refractivity contribution is 1.16. The first-order chi connectivity index (χ1) is 15.4. The van der Waals surface area contributed by atoms with E-state index in [4.69, 9.17) is 8.22 Å². The molecule has 0 aliphatic heterocycles. The highest BCUT2D eigenvalue weighted by Gasteiger charge is 2.21. The maximum Gasteiger partial charge on any atom is 0.0645 e. The summed E-state index contributed by atoms with van der Waals surface area (Å²) in [5.41, 5.74) is 3.07. The minimum absolute atomic E-state index is 0.105. The van der Waals surface area contributed by atoms with Crippen molar-refractivity contribution in [3.05, 3.63) is 96.9 Å². The van der Waals surface area contributed by atoms with Gasteiger partial charge in [-0.15, -0.1) is 0 Å². The van der Waals surface area contributed by atoms with Gasteiger partial charge in [0.05, 0.1) is 30.3 Å². The fourth-order valence-electron chi connectivity index (χ4n) is 3.81. The predicted octanol–water partition coefficient (Wildman–Crippen LogP) is 6.17. The van der Waals surface area contributed by atoms with Gasteiger partial charge in [-0.1, -0.05) is 48.5 Å². The van der Waals surface area contributed by atoms with E-state index in [2.05, 4.69) is 0 Å². The first-order valence-corrected chi connectivity index (χ1v) is 8.41. The minimum Gasteiger partial charge on any atom is -0.309 e. The molecule has 2 heterocycles. The van der Waals surface area contributed by atoms with Crippen LogP contribution < -0.4 is 0 Å². The molecule has 0 aliphatic rings. The smallest absolute Gasteiger partial charge is 0.0645 e. The van der Waals surface area contributed by atoms with Crippen molar-refractivity contribution < 1.29 is 8.22 Å². The number of para-hydroxylation sites is 2. The van der Waals surface area contributed by atoms with Crippen molar-refractivity contribution in [1.29, 1.82) is 0 Å². The van der Waals surface area contributed by atoms with Gasteiger partial charge in [-0.05, 0) is 48.4 Å². The second kappa shape index (κ2) is 4.99. The molecule has 0 amide bonds. The highest BCUT2D eigenvalue weighted by Crippen LogP contribution is 2.41. The third-order valence-electron chi connectivity index (χ3n) is 4.84. The van der Waals surface area contributed by atoms with Gasteiger partial charge in [-0.2, -0.15) is 0 Å². The largest absolute Gasteiger partial charge is 0.309 e. The average Bonchev–Trinajstić information content (AvgIpc) is 3.34. The van der Waals surface area contributed by atoms with E-state index in [1.807, 2.05) is 60.7 Å². The summed E-state index contributed by atoms with van der Waals surface area (Å²) in [6.07, 6.45) is 0. The van der Waals surface area contributed by atoms with Crippen molar-refractivity contribution in [3.63, 3.8) is 0 Å². The topological polar surface area (TPSA) is 9.86 Å². The predicted molar refractivity (Wildman–Crippen MR) is 109 cm³/mol. The normalized spacial score (nSPS) is 15.1. The fourth-order valence-corrected chi connectivity index (χ4v) is 3.81. The Labute approximate surface area is 159 Å². The Bertz CT molecular complexity index is 1470. The Hall–Kier alpha value is -3.52. The number of rotatable bonds is 2. The van der Waals surface area contributed by atoms with Crippen LogP contribution in [0.4, 0.5) is 0 Å². The molecule has 2 aromatic heterocycles. The molecule has 0 saturated heterocycles. The molecular weight excluding hydrogens is 316 g/mol. The van der Waals surface area contributed by atoms with Crippen LogP contribution in [0.25, 0.3) is 44.2 Å². The Morgan fingerprint density at radius 2 is 0.846 bits per heavy atom. The second-order valence-corrected chi connectivity index (χ2v) is 6.24. The number of hydrogen-bond donors (Lipinski definition) is 0. The summed E-state index contributed by atoms with van der Waals surface area (Å²) in [6, 6.07) is 17.7. The van der Waals surface area contributed by atoms with Gasteiger partial charge in [0.2, 0.25) is 0 Å². The molecule has 6 rings (SSSR count). The molecular formula is C24H16N2. The zero-order valence-electron chi connectivity index (χ0n) is 19.7. The molecule has 0 N–H and O–H groups in total. The number of nitrogens with zero attached hydrogens (tertiary/aromatic N) is 2. The van der Waals surface area contributed by atoms with Crippen LogP contribution in [0.1, 0.15) is 8.22 Å². The molecule has 6 aromatic rings.